The van der Waals surface area contributed by atoms with Crippen LogP contribution in [0.25, 0.3) is 0 Å². The van der Waals surface area contributed by atoms with E-state index >= 15 is 0 Å². The van der Waals surface area contributed by atoms with Crippen molar-refractivity contribution in [3.05, 3.63) is 42.5 Å². The summed E-state index contributed by atoms with van der Waals surface area (Å²) in [5.41, 5.74) is 1.36. The molecule has 0 aromatic heterocycles. The van der Waals surface area contributed by atoms with E-state index in [0.717, 1.165) is 18.8 Å². The Labute approximate surface area is 103 Å². The van der Waals surface area contributed by atoms with Crippen molar-refractivity contribution in [1.82, 2.24) is 5.32 Å². The Morgan fingerprint density at radius 3 is 2.94 bits per heavy atom. The summed E-state index contributed by atoms with van der Waals surface area (Å²) in [5.74, 6) is 1.68. The molecule has 0 amide bonds. The molecule has 0 unspecified atom stereocenters. The molecule has 2 heteroatoms. The number of thioether (sulfide) groups is 1. The third kappa shape index (κ3) is 5.38. The predicted octanol–water partition coefficient (Wildman–Crippen LogP) is 3.71. The van der Waals surface area contributed by atoms with E-state index in [2.05, 4.69) is 50.0 Å². The Balaban J connectivity index is 2.43. The molecule has 1 aromatic rings. The summed E-state index contributed by atoms with van der Waals surface area (Å²) < 4.78 is 0. The lowest BCUT2D eigenvalue weighted by molar-refractivity contribution is 0.552. The minimum absolute atomic E-state index is 0.707. The van der Waals surface area contributed by atoms with Gasteiger partial charge < -0.3 is 5.32 Å². The highest BCUT2D eigenvalue weighted by molar-refractivity contribution is 7.99. The van der Waals surface area contributed by atoms with Gasteiger partial charge >= 0.3 is 0 Å². The first-order chi connectivity index (χ1) is 7.72. The maximum Gasteiger partial charge on any atom is 0.0206 e. The van der Waals surface area contributed by atoms with E-state index in [9.17, 15) is 0 Å². The number of rotatable bonds is 7. The standard InChI is InChI=1S/C14H21NS/c1-4-8-16-14-7-5-6-13(9-14)11-15-10-12(2)3/h4-7,9,12,15H,1,8,10-11H2,2-3H3. The zero-order valence-electron chi connectivity index (χ0n) is 10.2. The summed E-state index contributed by atoms with van der Waals surface area (Å²) in [5, 5.41) is 3.46. The van der Waals surface area contributed by atoms with E-state index < -0.39 is 0 Å². The summed E-state index contributed by atoms with van der Waals surface area (Å²) in [4.78, 5) is 1.32. The van der Waals surface area contributed by atoms with Gasteiger partial charge in [0.2, 0.25) is 0 Å². The van der Waals surface area contributed by atoms with Gasteiger partial charge in [-0.2, -0.15) is 0 Å². The molecule has 0 saturated carbocycles. The van der Waals surface area contributed by atoms with Crippen LogP contribution in [0, 0.1) is 5.92 Å². The van der Waals surface area contributed by atoms with Crippen molar-refractivity contribution >= 4 is 11.8 Å². The lowest BCUT2D eigenvalue weighted by Crippen LogP contribution is -2.18. The smallest absolute Gasteiger partial charge is 0.0206 e. The van der Waals surface area contributed by atoms with Gasteiger partial charge in [0, 0.05) is 17.2 Å². The van der Waals surface area contributed by atoms with Crippen LogP contribution >= 0.6 is 11.8 Å². The van der Waals surface area contributed by atoms with Gasteiger partial charge in [-0.15, -0.1) is 18.3 Å². The Morgan fingerprint density at radius 1 is 1.44 bits per heavy atom. The fourth-order valence-electron chi connectivity index (χ4n) is 1.41. The number of nitrogens with one attached hydrogen (secondary N) is 1. The molecular weight excluding hydrogens is 214 g/mol. The van der Waals surface area contributed by atoms with Crippen LogP contribution in [0.2, 0.25) is 0 Å². The zero-order chi connectivity index (χ0) is 11.8. The predicted molar refractivity (Wildman–Crippen MR) is 73.9 cm³/mol. The summed E-state index contributed by atoms with van der Waals surface area (Å²) >= 11 is 1.83. The van der Waals surface area contributed by atoms with E-state index in [1.165, 1.54) is 10.5 Å². The molecule has 0 atom stereocenters. The average molecular weight is 235 g/mol. The van der Waals surface area contributed by atoms with E-state index in [-0.39, 0.29) is 0 Å². The van der Waals surface area contributed by atoms with Gasteiger partial charge in [0.25, 0.3) is 0 Å². The van der Waals surface area contributed by atoms with Crippen molar-refractivity contribution in [1.29, 1.82) is 0 Å². The van der Waals surface area contributed by atoms with Crippen LogP contribution in [0.5, 0.6) is 0 Å². The van der Waals surface area contributed by atoms with Gasteiger partial charge in [0.05, 0.1) is 0 Å². The van der Waals surface area contributed by atoms with Crippen LogP contribution in [-0.4, -0.2) is 12.3 Å². The van der Waals surface area contributed by atoms with Crippen LogP contribution in [0.15, 0.2) is 41.8 Å². The third-order valence-electron chi connectivity index (χ3n) is 2.15. The van der Waals surface area contributed by atoms with Gasteiger partial charge in [-0.25, -0.2) is 0 Å². The van der Waals surface area contributed by atoms with E-state index in [0.29, 0.717) is 5.92 Å². The van der Waals surface area contributed by atoms with Crippen LogP contribution in [0.4, 0.5) is 0 Å². The van der Waals surface area contributed by atoms with Gasteiger partial charge in [-0.3, -0.25) is 0 Å². The van der Waals surface area contributed by atoms with Crippen molar-refractivity contribution in [2.45, 2.75) is 25.3 Å². The van der Waals surface area contributed by atoms with Crippen molar-refractivity contribution in [3.63, 3.8) is 0 Å². The average Bonchev–Trinajstić information content (AvgIpc) is 2.26. The minimum atomic E-state index is 0.707. The number of benzene rings is 1. The Morgan fingerprint density at radius 2 is 2.25 bits per heavy atom. The summed E-state index contributed by atoms with van der Waals surface area (Å²) in [6.45, 7) is 10.2. The highest BCUT2D eigenvalue weighted by Crippen LogP contribution is 2.18. The summed E-state index contributed by atoms with van der Waals surface area (Å²) in [7, 11) is 0. The molecule has 1 N–H and O–H groups in total. The van der Waals surface area contributed by atoms with Crippen molar-refractivity contribution < 1.29 is 0 Å². The molecule has 0 heterocycles. The van der Waals surface area contributed by atoms with E-state index in [1.54, 1.807) is 0 Å². The molecule has 0 saturated heterocycles. The lowest BCUT2D eigenvalue weighted by Gasteiger charge is -2.08. The second kappa shape index (κ2) is 7.53. The molecule has 0 radical (unpaired) electrons. The molecule has 16 heavy (non-hydrogen) atoms. The Bertz CT molecular complexity index is 320. The van der Waals surface area contributed by atoms with Gasteiger partial charge in [-0.05, 0) is 30.2 Å². The number of hydrogen-bond donors (Lipinski definition) is 1. The second-order valence-corrected chi connectivity index (χ2v) is 5.37. The Kier molecular flexibility index (Phi) is 6.27. The van der Waals surface area contributed by atoms with Gasteiger partial charge in [0.1, 0.15) is 0 Å². The first kappa shape index (κ1) is 13.3. The molecule has 0 aliphatic rings. The molecule has 0 fully saturated rings. The number of hydrogen-bond acceptors (Lipinski definition) is 2. The first-order valence-electron chi connectivity index (χ1n) is 5.75. The SMILES string of the molecule is C=CCSc1cccc(CNCC(C)C)c1. The van der Waals surface area contributed by atoms with E-state index in [1.807, 2.05) is 17.8 Å². The summed E-state index contributed by atoms with van der Waals surface area (Å²) in [6.07, 6.45) is 1.94. The minimum Gasteiger partial charge on any atom is -0.312 e. The molecular formula is C14H21NS. The fourth-order valence-corrected chi connectivity index (χ4v) is 2.13. The highest BCUT2D eigenvalue weighted by Gasteiger charge is 1.97. The highest BCUT2D eigenvalue weighted by atomic mass is 32.2. The van der Waals surface area contributed by atoms with Crippen molar-refractivity contribution in [3.8, 4) is 0 Å². The second-order valence-electron chi connectivity index (χ2n) is 4.27. The monoisotopic (exact) mass is 235 g/mol. The van der Waals surface area contributed by atoms with Gasteiger partial charge in [-0.1, -0.05) is 32.1 Å². The maximum atomic E-state index is 3.73. The fraction of sp³-hybridized carbons (Fsp3) is 0.429. The van der Waals surface area contributed by atoms with E-state index in [4.69, 9.17) is 0 Å². The molecule has 0 aliphatic carbocycles. The van der Waals surface area contributed by atoms with Crippen molar-refractivity contribution in [2.24, 2.45) is 5.92 Å². The molecule has 0 spiro atoms. The normalized spacial score (nSPS) is 10.7. The molecule has 1 rings (SSSR count). The maximum absolute atomic E-state index is 3.73. The molecule has 88 valence electrons. The van der Waals surface area contributed by atoms with Crippen LogP contribution in [0.3, 0.4) is 0 Å². The third-order valence-corrected chi connectivity index (χ3v) is 3.14. The Hall–Kier alpha value is -0.730. The van der Waals surface area contributed by atoms with Crippen LogP contribution in [-0.2, 0) is 6.54 Å². The largest absolute Gasteiger partial charge is 0.312 e. The molecule has 1 aromatic carbocycles. The van der Waals surface area contributed by atoms with Gasteiger partial charge in [0.15, 0.2) is 0 Å². The lowest BCUT2D eigenvalue weighted by atomic mass is 10.2. The van der Waals surface area contributed by atoms with Crippen LogP contribution < -0.4 is 5.32 Å². The van der Waals surface area contributed by atoms with Crippen LogP contribution in [0.1, 0.15) is 19.4 Å². The zero-order valence-corrected chi connectivity index (χ0v) is 11.0. The molecule has 0 bridgehead atoms. The molecule has 1 nitrogen and oxygen atoms in total. The summed E-state index contributed by atoms with van der Waals surface area (Å²) in [6, 6.07) is 8.70. The quantitative estimate of drug-likeness (QED) is 0.571. The topological polar surface area (TPSA) is 12.0 Å². The van der Waals surface area contributed by atoms with Crippen molar-refractivity contribution in [2.75, 3.05) is 12.3 Å². The molecule has 0 aliphatic heterocycles. The first-order valence-corrected chi connectivity index (χ1v) is 6.74.